The van der Waals surface area contributed by atoms with Crippen molar-refractivity contribution < 1.29 is 18.3 Å². The highest BCUT2D eigenvalue weighted by molar-refractivity contribution is 6.31. The smallest absolute Gasteiger partial charge is 0.391 e. The summed E-state index contributed by atoms with van der Waals surface area (Å²) in [6.07, 6.45) is -5.34. The highest BCUT2D eigenvalue weighted by atomic mass is 35.5. The summed E-state index contributed by atoms with van der Waals surface area (Å²) in [5, 5.41) is 8.79. The van der Waals surface area contributed by atoms with Gasteiger partial charge in [-0.25, -0.2) is 0 Å². The average molecular weight is 254 g/mol. The van der Waals surface area contributed by atoms with Crippen molar-refractivity contribution in [3.8, 4) is 0 Å². The lowest BCUT2D eigenvalue weighted by molar-refractivity contribution is -0.137. The molecular weight excluding hydrogens is 243 g/mol. The molecule has 90 valence electrons. The molecule has 0 aliphatic rings. The number of rotatable bonds is 2. The minimum absolute atomic E-state index is 0.369. The molecule has 3 N–H and O–H groups in total. The zero-order chi connectivity index (χ0) is 12.5. The molecule has 6 heteroatoms. The molecule has 2 atom stereocenters. The summed E-state index contributed by atoms with van der Waals surface area (Å²) in [5.41, 5.74) is 5.04. The van der Waals surface area contributed by atoms with E-state index in [9.17, 15) is 18.3 Å². The highest BCUT2D eigenvalue weighted by Crippen LogP contribution is 2.35. The van der Waals surface area contributed by atoms with Gasteiger partial charge in [-0.3, -0.25) is 0 Å². The van der Waals surface area contributed by atoms with E-state index in [1.807, 2.05) is 0 Å². The molecule has 0 aliphatic heterocycles. The van der Waals surface area contributed by atoms with Gasteiger partial charge >= 0.3 is 6.18 Å². The maximum absolute atomic E-state index is 12.4. The van der Waals surface area contributed by atoms with Gasteiger partial charge in [0.1, 0.15) is 0 Å². The van der Waals surface area contributed by atoms with Crippen LogP contribution in [0.15, 0.2) is 18.2 Å². The van der Waals surface area contributed by atoms with Gasteiger partial charge in [0, 0.05) is 0 Å². The Hall–Kier alpha value is -0.780. The number of aliphatic hydroxyl groups is 1. The van der Waals surface area contributed by atoms with Crippen LogP contribution < -0.4 is 5.73 Å². The van der Waals surface area contributed by atoms with Crippen molar-refractivity contribution in [3.05, 3.63) is 34.3 Å². The summed E-state index contributed by atoms with van der Waals surface area (Å²) < 4.78 is 37.1. The molecule has 1 rings (SSSR count). The third-order valence-corrected chi connectivity index (χ3v) is 2.52. The first-order chi connectivity index (χ1) is 7.23. The second-order valence-electron chi connectivity index (χ2n) is 3.50. The molecule has 0 unspecified atom stereocenters. The number of halogens is 4. The van der Waals surface area contributed by atoms with Crippen LogP contribution in [-0.4, -0.2) is 11.2 Å². The number of benzene rings is 1. The highest BCUT2D eigenvalue weighted by Gasteiger charge is 2.33. The maximum Gasteiger partial charge on any atom is 0.417 e. The first-order valence-corrected chi connectivity index (χ1v) is 4.91. The summed E-state index contributed by atoms with van der Waals surface area (Å²) in [7, 11) is 0. The van der Waals surface area contributed by atoms with Gasteiger partial charge in [-0.1, -0.05) is 17.7 Å². The van der Waals surface area contributed by atoms with Crippen molar-refractivity contribution >= 4 is 11.6 Å². The number of hydrogen-bond donors (Lipinski definition) is 2. The third kappa shape index (κ3) is 2.87. The molecule has 0 spiro atoms. The van der Waals surface area contributed by atoms with E-state index in [-0.39, 0.29) is 0 Å². The van der Waals surface area contributed by atoms with Crippen molar-refractivity contribution in [3.63, 3.8) is 0 Å². The van der Waals surface area contributed by atoms with Gasteiger partial charge in [0.25, 0.3) is 0 Å². The number of alkyl halides is 3. The minimum Gasteiger partial charge on any atom is -0.391 e. The molecule has 0 heterocycles. The molecule has 0 aromatic heterocycles. The molecule has 1 aromatic carbocycles. The van der Waals surface area contributed by atoms with Crippen LogP contribution in [-0.2, 0) is 6.18 Å². The van der Waals surface area contributed by atoms with Crippen LogP contribution in [0.3, 0.4) is 0 Å². The molecular formula is C10H11ClF3NO. The Morgan fingerprint density at radius 2 is 1.94 bits per heavy atom. The SMILES string of the molecule is C[C@@H](O)[C@@H](N)c1ccc(C(F)(F)F)c(Cl)c1. The van der Waals surface area contributed by atoms with Gasteiger partial charge in [0.2, 0.25) is 0 Å². The standard InChI is InChI=1S/C10H11ClF3NO/c1-5(16)9(15)6-2-3-7(8(11)4-6)10(12,13)14/h2-5,9,16H,15H2,1H3/t5-,9-/m1/s1. The van der Waals surface area contributed by atoms with E-state index >= 15 is 0 Å². The van der Waals surface area contributed by atoms with Gasteiger partial charge in [-0.2, -0.15) is 13.2 Å². The Balaban J connectivity index is 3.09. The molecule has 0 amide bonds. The number of hydrogen-bond acceptors (Lipinski definition) is 2. The lowest BCUT2D eigenvalue weighted by Crippen LogP contribution is -2.23. The quantitative estimate of drug-likeness (QED) is 0.851. The molecule has 0 radical (unpaired) electrons. The largest absolute Gasteiger partial charge is 0.417 e. The predicted octanol–water partition coefficient (Wildman–Crippen LogP) is 2.74. The van der Waals surface area contributed by atoms with Gasteiger partial charge in [0.05, 0.1) is 22.7 Å². The zero-order valence-corrected chi connectivity index (χ0v) is 9.18. The second kappa shape index (κ2) is 4.61. The van der Waals surface area contributed by atoms with Crippen LogP contribution in [0, 0.1) is 0 Å². The van der Waals surface area contributed by atoms with E-state index in [0.717, 1.165) is 12.1 Å². The molecule has 0 saturated carbocycles. The van der Waals surface area contributed by atoms with E-state index in [4.69, 9.17) is 17.3 Å². The van der Waals surface area contributed by atoms with Gasteiger partial charge in [0.15, 0.2) is 0 Å². The number of aliphatic hydroxyl groups excluding tert-OH is 1. The van der Waals surface area contributed by atoms with Crippen LogP contribution in [0.25, 0.3) is 0 Å². The van der Waals surface area contributed by atoms with Crippen LogP contribution in [0.4, 0.5) is 13.2 Å². The van der Waals surface area contributed by atoms with E-state index < -0.39 is 28.9 Å². The van der Waals surface area contributed by atoms with Gasteiger partial charge < -0.3 is 10.8 Å². The Morgan fingerprint density at radius 1 is 1.38 bits per heavy atom. The maximum atomic E-state index is 12.4. The van der Waals surface area contributed by atoms with E-state index in [2.05, 4.69) is 0 Å². The Kier molecular flexibility index (Phi) is 3.83. The van der Waals surface area contributed by atoms with Crippen molar-refractivity contribution in [1.29, 1.82) is 0 Å². The van der Waals surface area contributed by atoms with Gasteiger partial charge in [-0.05, 0) is 24.6 Å². The van der Waals surface area contributed by atoms with Crippen molar-refractivity contribution in [1.82, 2.24) is 0 Å². The first-order valence-electron chi connectivity index (χ1n) is 4.53. The molecule has 1 aromatic rings. The fraction of sp³-hybridized carbons (Fsp3) is 0.400. The third-order valence-electron chi connectivity index (χ3n) is 2.20. The van der Waals surface area contributed by atoms with Crippen molar-refractivity contribution in [2.24, 2.45) is 5.73 Å². The fourth-order valence-electron chi connectivity index (χ4n) is 1.25. The summed E-state index contributed by atoms with van der Waals surface area (Å²) >= 11 is 5.51. The predicted molar refractivity (Wildman–Crippen MR) is 55.1 cm³/mol. The van der Waals surface area contributed by atoms with Crippen LogP contribution in [0.1, 0.15) is 24.1 Å². The van der Waals surface area contributed by atoms with Crippen LogP contribution in [0.2, 0.25) is 5.02 Å². The average Bonchev–Trinajstić information content (AvgIpc) is 2.14. The Labute approximate surface area is 95.8 Å². The van der Waals surface area contributed by atoms with E-state index in [1.54, 1.807) is 0 Å². The van der Waals surface area contributed by atoms with Crippen LogP contribution in [0.5, 0.6) is 0 Å². The molecule has 2 nitrogen and oxygen atoms in total. The van der Waals surface area contributed by atoms with E-state index in [1.165, 1.54) is 13.0 Å². The Morgan fingerprint density at radius 3 is 2.31 bits per heavy atom. The second-order valence-corrected chi connectivity index (χ2v) is 3.91. The van der Waals surface area contributed by atoms with Crippen molar-refractivity contribution in [2.75, 3.05) is 0 Å². The molecule has 0 saturated heterocycles. The summed E-state index contributed by atoms with van der Waals surface area (Å²) in [5.74, 6) is 0. The fourth-order valence-corrected chi connectivity index (χ4v) is 1.54. The van der Waals surface area contributed by atoms with E-state index in [0.29, 0.717) is 5.56 Å². The summed E-state index contributed by atoms with van der Waals surface area (Å²) in [6.45, 7) is 1.45. The topological polar surface area (TPSA) is 46.2 Å². The van der Waals surface area contributed by atoms with Gasteiger partial charge in [-0.15, -0.1) is 0 Å². The number of nitrogens with two attached hydrogens (primary N) is 1. The normalized spacial score (nSPS) is 15.9. The molecule has 0 aliphatic carbocycles. The molecule has 0 bridgehead atoms. The minimum atomic E-state index is -4.48. The lowest BCUT2D eigenvalue weighted by Gasteiger charge is -2.17. The summed E-state index contributed by atoms with van der Waals surface area (Å²) in [4.78, 5) is 0. The molecule has 16 heavy (non-hydrogen) atoms. The van der Waals surface area contributed by atoms with Crippen LogP contribution >= 0.6 is 11.6 Å². The Bertz CT molecular complexity index is 379. The zero-order valence-electron chi connectivity index (χ0n) is 8.42. The molecule has 0 fully saturated rings. The monoisotopic (exact) mass is 253 g/mol. The lowest BCUT2D eigenvalue weighted by atomic mass is 10.0. The van der Waals surface area contributed by atoms with Crippen molar-refractivity contribution in [2.45, 2.75) is 25.2 Å². The first kappa shape index (κ1) is 13.3. The summed E-state index contributed by atoms with van der Waals surface area (Å²) in [6, 6.07) is 2.45.